The molecule has 1 atom stereocenters. The zero-order chi connectivity index (χ0) is 30.5. The van der Waals surface area contributed by atoms with Crippen molar-refractivity contribution >= 4 is 33.1 Å². The molecule has 0 saturated heterocycles. The monoisotopic (exact) mass is 596 g/mol. The summed E-state index contributed by atoms with van der Waals surface area (Å²) in [4.78, 5) is 28.7. The van der Waals surface area contributed by atoms with E-state index in [2.05, 4.69) is 55.7 Å². The minimum Gasteiger partial charge on any atom is -0.496 e. The number of nitrogens with one attached hydrogen (secondary N) is 1. The molecule has 1 N–H and O–H groups in total. The lowest BCUT2D eigenvalue weighted by Gasteiger charge is -2.34. The van der Waals surface area contributed by atoms with Crippen LogP contribution in [-0.4, -0.2) is 50.9 Å². The molecule has 1 heterocycles. The van der Waals surface area contributed by atoms with E-state index in [4.69, 9.17) is 4.74 Å². The topological polar surface area (TPSA) is 58.6 Å². The smallest absolute Gasteiger partial charge is 0.253 e. The molecule has 1 fully saturated rings. The number of thiophene rings is 1. The Bertz CT molecular complexity index is 1560. The van der Waals surface area contributed by atoms with Gasteiger partial charge in [-0.3, -0.25) is 9.59 Å². The Kier molecular flexibility index (Phi) is 9.99. The van der Waals surface area contributed by atoms with Crippen LogP contribution in [0.5, 0.6) is 5.75 Å². The van der Waals surface area contributed by atoms with E-state index in [1.54, 1.807) is 37.4 Å². The number of benzene rings is 3. The van der Waals surface area contributed by atoms with E-state index in [1.807, 2.05) is 30.3 Å². The standard InChI is InChI=1S/C37H44N2O3S/c1-24-32-8-6-7-9-35(32)43-36(24)33(40)23-29(26-16-19-31(38-2)20-17-26)14-15-30-22-28(18-21-34(30)42-5)25-10-12-27(13-11-25)37(41)39(3)4/h6-13,18,21-22,26,29,31,38H,14-17,19-20,23H2,1-5H3. The fourth-order valence-corrected chi connectivity index (χ4v) is 7.87. The van der Waals surface area contributed by atoms with Gasteiger partial charge in [-0.1, -0.05) is 36.4 Å². The largest absolute Gasteiger partial charge is 0.496 e. The van der Waals surface area contributed by atoms with Crippen molar-refractivity contribution in [3.05, 3.63) is 88.3 Å². The van der Waals surface area contributed by atoms with Gasteiger partial charge < -0.3 is 15.0 Å². The number of hydrogen-bond donors (Lipinski definition) is 1. The summed E-state index contributed by atoms with van der Waals surface area (Å²) in [5.41, 5.74) is 5.12. The maximum atomic E-state index is 13.8. The van der Waals surface area contributed by atoms with E-state index in [1.165, 1.54) is 22.9 Å². The van der Waals surface area contributed by atoms with E-state index in [-0.39, 0.29) is 11.7 Å². The fraction of sp³-hybridized carbons (Fsp3) is 0.405. The summed E-state index contributed by atoms with van der Waals surface area (Å²) in [7, 11) is 7.32. The van der Waals surface area contributed by atoms with Crippen LogP contribution < -0.4 is 10.1 Å². The molecule has 0 bridgehead atoms. The van der Waals surface area contributed by atoms with Crippen LogP contribution in [0.15, 0.2) is 66.7 Å². The first-order chi connectivity index (χ1) is 20.8. The maximum Gasteiger partial charge on any atom is 0.253 e. The normalized spacial score (nSPS) is 17.5. The minimum absolute atomic E-state index is 0.00264. The van der Waals surface area contributed by atoms with Crippen molar-refractivity contribution in [2.24, 2.45) is 11.8 Å². The second kappa shape index (κ2) is 13.9. The summed E-state index contributed by atoms with van der Waals surface area (Å²) in [5, 5.41) is 4.66. The van der Waals surface area contributed by atoms with Crippen LogP contribution in [0.4, 0.5) is 0 Å². The molecule has 5 nitrogen and oxygen atoms in total. The van der Waals surface area contributed by atoms with Crippen molar-refractivity contribution in [2.75, 3.05) is 28.3 Å². The van der Waals surface area contributed by atoms with Gasteiger partial charge in [0.25, 0.3) is 5.91 Å². The van der Waals surface area contributed by atoms with Crippen molar-refractivity contribution in [3.8, 4) is 16.9 Å². The van der Waals surface area contributed by atoms with Gasteiger partial charge in [-0.25, -0.2) is 0 Å². The zero-order valence-corrected chi connectivity index (χ0v) is 26.9. The number of Topliss-reactive ketones (excluding diaryl/α,β-unsaturated/α-hetero) is 1. The Hall–Kier alpha value is -3.48. The molecular formula is C37H44N2O3S. The number of carbonyl (C=O) groups is 2. The first-order valence-corrected chi connectivity index (χ1v) is 16.3. The summed E-state index contributed by atoms with van der Waals surface area (Å²) < 4.78 is 6.99. The number of ether oxygens (including phenoxy) is 1. The van der Waals surface area contributed by atoms with Gasteiger partial charge in [0.1, 0.15) is 5.75 Å². The highest BCUT2D eigenvalue weighted by Crippen LogP contribution is 2.39. The molecule has 1 aromatic heterocycles. The number of fused-ring (bicyclic) bond motifs is 1. The van der Waals surface area contributed by atoms with Crippen LogP contribution in [0.3, 0.4) is 0 Å². The minimum atomic E-state index is -0.00264. The number of rotatable bonds is 11. The van der Waals surface area contributed by atoms with Gasteiger partial charge in [-0.2, -0.15) is 0 Å². The quantitative estimate of drug-likeness (QED) is 0.177. The number of nitrogens with zero attached hydrogens (tertiary/aromatic N) is 1. The molecule has 0 spiro atoms. The molecular weight excluding hydrogens is 552 g/mol. The molecule has 1 saturated carbocycles. The predicted molar refractivity (Wildman–Crippen MR) is 179 cm³/mol. The second-order valence-corrected chi connectivity index (χ2v) is 13.2. The average Bonchev–Trinajstić information content (AvgIpc) is 3.38. The van der Waals surface area contributed by atoms with E-state index in [0.29, 0.717) is 29.9 Å². The van der Waals surface area contributed by atoms with E-state index >= 15 is 0 Å². The third-order valence-electron chi connectivity index (χ3n) is 9.33. The summed E-state index contributed by atoms with van der Waals surface area (Å²) in [6, 6.07) is 23.1. The number of amides is 1. The molecule has 0 aliphatic heterocycles. The highest BCUT2D eigenvalue weighted by Gasteiger charge is 2.30. The summed E-state index contributed by atoms with van der Waals surface area (Å²) >= 11 is 1.65. The first kappa shape index (κ1) is 31.0. The molecule has 0 radical (unpaired) electrons. The van der Waals surface area contributed by atoms with Crippen molar-refractivity contribution in [1.29, 1.82) is 0 Å². The van der Waals surface area contributed by atoms with Crippen LogP contribution in [0, 0.1) is 18.8 Å². The molecule has 1 aliphatic carbocycles. The van der Waals surface area contributed by atoms with Crippen LogP contribution in [0.25, 0.3) is 21.2 Å². The predicted octanol–water partition coefficient (Wildman–Crippen LogP) is 8.19. The number of aryl methyl sites for hydroxylation is 2. The lowest BCUT2D eigenvalue weighted by molar-refractivity contribution is 0.0827. The maximum absolute atomic E-state index is 13.8. The molecule has 4 aromatic rings. The van der Waals surface area contributed by atoms with Gasteiger partial charge in [0.2, 0.25) is 0 Å². The number of hydrogen-bond acceptors (Lipinski definition) is 5. The fourth-order valence-electron chi connectivity index (χ4n) is 6.71. The molecule has 3 aromatic carbocycles. The molecule has 226 valence electrons. The third kappa shape index (κ3) is 7.02. The Morgan fingerprint density at radius 1 is 0.977 bits per heavy atom. The highest BCUT2D eigenvalue weighted by molar-refractivity contribution is 7.21. The molecule has 1 aliphatic rings. The van der Waals surface area contributed by atoms with Gasteiger partial charge in [0.15, 0.2) is 5.78 Å². The van der Waals surface area contributed by atoms with Gasteiger partial charge >= 0.3 is 0 Å². The Labute approximate surface area is 260 Å². The van der Waals surface area contributed by atoms with Gasteiger partial charge in [0.05, 0.1) is 12.0 Å². The van der Waals surface area contributed by atoms with Gasteiger partial charge in [-0.15, -0.1) is 11.3 Å². The molecule has 43 heavy (non-hydrogen) atoms. The highest BCUT2D eigenvalue weighted by atomic mass is 32.1. The van der Waals surface area contributed by atoms with Crippen LogP contribution in [0.2, 0.25) is 0 Å². The van der Waals surface area contributed by atoms with Gasteiger partial charge in [-0.05, 0) is 122 Å². The zero-order valence-electron chi connectivity index (χ0n) is 26.1. The van der Waals surface area contributed by atoms with E-state index < -0.39 is 0 Å². The number of methoxy groups -OCH3 is 1. The van der Waals surface area contributed by atoms with Crippen LogP contribution in [-0.2, 0) is 6.42 Å². The van der Waals surface area contributed by atoms with Crippen LogP contribution in [0.1, 0.15) is 69.7 Å². The summed E-state index contributed by atoms with van der Waals surface area (Å²) in [6.45, 7) is 2.10. The Balaban J connectivity index is 1.37. The van der Waals surface area contributed by atoms with E-state index in [0.717, 1.165) is 58.6 Å². The molecule has 1 amide bonds. The SMILES string of the molecule is CNC1CCC(C(CCc2cc(-c3ccc(C(=O)N(C)C)cc3)ccc2OC)CC(=O)c2sc3ccccc3c2C)CC1. The Morgan fingerprint density at radius 3 is 2.33 bits per heavy atom. The lowest BCUT2D eigenvalue weighted by atomic mass is 9.74. The van der Waals surface area contributed by atoms with Crippen molar-refractivity contribution in [1.82, 2.24) is 10.2 Å². The lowest BCUT2D eigenvalue weighted by Crippen LogP contribution is -2.33. The van der Waals surface area contributed by atoms with Gasteiger partial charge in [0, 0.05) is 36.8 Å². The van der Waals surface area contributed by atoms with Crippen molar-refractivity contribution in [3.63, 3.8) is 0 Å². The molecule has 5 rings (SSSR count). The summed E-state index contributed by atoms with van der Waals surface area (Å²) in [6.07, 6.45) is 7.03. The third-order valence-corrected chi connectivity index (χ3v) is 10.6. The summed E-state index contributed by atoms with van der Waals surface area (Å²) in [5.74, 6) is 2.02. The number of carbonyl (C=O) groups excluding carboxylic acids is 2. The van der Waals surface area contributed by atoms with Crippen LogP contribution >= 0.6 is 11.3 Å². The van der Waals surface area contributed by atoms with Crippen molar-refractivity contribution in [2.45, 2.75) is 57.9 Å². The second-order valence-electron chi connectivity index (χ2n) is 12.2. The first-order valence-electron chi connectivity index (χ1n) is 15.5. The average molecular weight is 597 g/mol. The Morgan fingerprint density at radius 2 is 1.67 bits per heavy atom. The number of ketones is 1. The molecule has 1 unspecified atom stereocenters. The van der Waals surface area contributed by atoms with E-state index in [9.17, 15) is 9.59 Å². The molecule has 6 heteroatoms. The van der Waals surface area contributed by atoms with Crippen molar-refractivity contribution < 1.29 is 14.3 Å².